The van der Waals surface area contributed by atoms with Crippen LogP contribution in [0.5, 0.6) is 0 Å². The molecule has 2 heterocycles. The van der Waals surface area contributed by atoms with Crippen molar-refractivity contribution in [2.24, 2.45) is 0 Å². The van der Waals surface area contributed by atoms with Gasteiger partial charge in [-0.15, -0.1) is 11.3 Å². The summed E-state index contributed by atoms with van der Waals surface area (Å²) in [7, 11) is 0. The normalized spacial score (nSPS) is 18.2. The number of carbonyl (C=O) groups is 1. The van der Waals surface area contributed by atoms with Crippen molar-refractivity contribution >= 4 is 40.6 Å². The second-order valence-corrected chi connectivity index (χ2v) is 7.96. The molecule has 1 aromatic heterocycles. The van der Waals surface area contributed by atoms with Crippen molar-refractivity contribution in [2.75, 3.05) is 25.5 Å². The fourth-order valence-corrected chi connectivity index (χ4v) is 4.39. The standard InChI is InChI=1S/C13H18ClNO2S2/c1-2-18-13(5-7-17-8-6-13)9-15-12(16)10-3-4-11(14)19-10/h3-4H,2,5-9H2,1H3,(H,15,16). The number of ether oxygens (including phenoxy) is 1. The summed E-state index contributed by atoms with van der Waals surface area (Å²) in [6.07, 6.45) is 1.99. The molecule has 0 spiro atoms. The zero-order chi connectivity index (χ0) is 13.7. The minimum absolute atomic E-state index is 0.0283. The van der Waals surface area contributed by atoms with Gasteiger partial charge in [0.2, 0.25) is 0 Å². The van der Waals surface area contributed by atoms with E-state index < -0.39 is 0 Å². The van der Waals surface area contributed by atoms with Crippen LogP contribution in [0.3, 0.4) is 0 Å². The molecule has 106 valence electrons. The molecule has 0 bridgehead atoms. The lowest BCUT2D eigenvalue weighted by Crippen LogP contribution is -2.44. The maximum absolute atomic E-state index is 12.0. The number of thioether (sulfide) groups is 1. The number of amides is 1. The van der Waals surface area contributed by atoms with Gasteiger partial charge in [-0.25, -0.2) is 0 Å². The van der Waals surface area contributed by atoms with E-state index in [2.05, 4.69) is 12.2 Å². The Kier molecular flexibility index (Phi) is 5.57. The first kappa shape index (κ1) is 15.2. The Labute approximate surface area is 127 Å². The first-order valence-corrected chi connectivity index (χ1v) is 8.58. The zero-order valence-electron chi connectivity index (χ0n) is 10.9. The molecule has 19 heavy (non-hydrogen) atoms. The minimum Gasteiger partial charge on any atom is -0.381 e. The van der Waals surface area contributed by atoms with Crippen molar-refractivity contribution in [3.05, 3.63) is 21.3 Å². The topological polar surface area (TPSA) is 38.3 Å². The molecule has 2 rings (SSSR count). The first-order chi connectivity index (χ1) is 9.15. The molecule has 0 unspecified atom stereocenters. The Morgan fingerprint density at radius 1 is 1.53 bits per heavy atom. The lowest BCUT2D eigenvalue weighted by Gasteiger charge is -2.36. The molecule has 1 saturated heterocycles. The number of hydrogen-bond donors (Lipinski definition) is 1. The zero-order valence-corrected chi connectivity index (χ0v) is 13.3. The summed E-state index contributed by atoms with van der Waals surface area (Å²) < 4.78 is 6.20. The van der Waals surface area contributed by atoms with Gasteiger partial charge in [-0.1, -0.05) is 18.5 Å². The predicted molar refractivity (Wildman–Crippen MR) is 82.6 cm³/mol. The molecule has 6 heteroatoms. The molecule has 0 atom stereocenters. The van der Waals surface area contributed by atoms with Crippen LogP contribution in [0.2, 0.25) is 4.34 Å². The Morgan fingerprint density at radius 3 is 2.84 bits per heavy atom. The highest BCUT2D eigenvalue weighted by molar-refractivity contribution is 8.00. The van der Waals surface area contributed by atoms with Gasteiger partial charge in [-0.2, -0.15) is 11.8 Å². The summed E-state index contributed by atoms with van der Waals surface area (Å²) >= 11 is 9.09. The number of thiophene rings is 1. The van der Waals surface area contributed by atoms with E-state index in [-0.39, 0.29) is 10.7 Å². The van der Waals surface area contributed by atoms with Gasteiger partial charge in [0.15, 0.2) is 0 Å². The molecule has 1 aliphatic heterocycles. The van der Waals surface area contributed by atoms with Crippen molar-refractivity contribution in [2.45, 2.75) is 24.5 Å². The van der Waals surface area contributed by atoms with Crippen LogP contribution >= 0.6 is 34.7 Å². The fourth-order valence-electron chi connectivity index (χ4n) is 2.19. The molecule has 0 aromatic carbocycles. The molecule has 0 aliphatic carbocycles. The molecule has 1 amide bonds. The highest BCUT2D eigenvalue weighted by Gasteiger charge is 2.33. The Bertz CT molecular complexity index is 425. The Hall–Kier alpha value is -0.230. The fraction of sp³-hybridized carbons (Fsp3) is 0.615. The van der Waals surface area contributed by atoms with E-state index in [4.69, 9.17) is 16.3 Å². The summed E-state index contributed by atoms with van der Waals surface area (Å²) in [5.74, 6) is 1.03. The van der Waals surface area contributed by atoms with Crippen molar-refractivity contribution < 1.29 is 9.53 Å². The molecule has 1 N–H and O–H groups in total. The van der Waals surface area contributed by atoms with Crippen LogP contribution in [-0.2, 0) is 4.74 Å². The van der Waals surface area contributed by atoms with E-state index in [0.29, 0.717) is 15.8 Å². The third-order valence-electron chi connectivity index (χ3n) is 3.22. The Morgan fingerprint density at radius 2 is 2.26 bits per heavy atom. The van der Waals surface area contributed by atoms with E-state index in [9.17, 15) is 4.79 Å². The minimum atomic E-state index is -0.0283. The maximum atomic E-state index is 12.0. The van der Waals surface area contributed by atoms with Gasteiger partial charge in [0, 0.05) is 24.5 Å². The lowest BCUT2D eigenvalue weighted by molar-refractivity contribution is 0.0742. The van der Waals surface area contributed by atoms with Crippen molar-refractivity contribution in [1.82, 2.24) is 5.32 Å². The number of carbonyl (C=O) groups excluding carboxylic acids is 1. The molecule has 1 aromatic rings. The van der Waals surface area contributed by atoms with E-state index in [0.717, 1.165) is 31.8 Å². The summed E-state index contributed by atoms with van der Waals surface area (Å²) in [5.41, 5.74) is 0. The van der Waals surface area contributed by atoms with Crippen molar-refractivity contribution in [3.63, 3.8) is 0 Å². The third kappa shape index (κ3) is 4.12. The second kappa shape index (κ2) is 6.97. The number of hydrogen-bond acceptors (Lipinski definition) is 4. The van der Waals surface area contributed by atoms with Gasteiger partial charge in [-0.05, 0) is 30.7 Å². The van der Waals surface area contributed by atoms with Gasteiger partial charge < -0.3 is 10.1 Å². The highest BCUT2D eigenvalue weighted by Crippen LogP contribution is 2.35. The van der Waals surface area contributed by atoms with Gasteiger partial charge in [0.05, 0.1) is 9.21 Å². The summed E-state index contributed by atoms with van der Waals surface area (Å²) in [6, 6.07) is 3.53. The van der Waals surface area contributed by atoms with Crippen LogP contribution in [0, 0.1) is 0 Å². The van der Waals surface area contributed by atoms with Crippen LogP contribution in [0.15, 0.2) is 12.1 Å². The average molecular weight is 320 g/mol. The summed E-state index contributed by atoms with van der Waals surface area (Å²) in [5, 5.41) is 3.04. The van der Waals surface area contributed by atoms with E-state index in [1.165, 1.54) is 11.3 Å². The van der Waals surface area contributed by atoms with Gasteiger partial charge in [-0.3, -0.25) is 4.79 Å². The predicted octanol–water partition coefficient (Wildman–Crippen LogP) is 3.43. The maximum Gasteiger partial charge on any atom is 0.261 e. The van der Waals surface area contributed by atoms with Crippen molar-refractivity contribution in [1.29, 1.82) is 0 Å². The molecular formula is C13H18ClNO2S2. The van der Waals surface area contributed by atoms with E-state index in [1.807, 2.05) is 11.8 Å². The van der Waals surface area contributed by atoms with Gasteiger partial charge in [0.25, 0.3) is 5.91 Å². The highest BCUT2D eigenvalue weighted by atomic mass is 35.5. The number of rotatable bonds is 5. The first-order valence-electron chi connectivity index (χ1n) is 6.40. The molecule has 3 nitrogen and oxygen atoms in total. The number of halogens is 1. The molecule has 1 aliphatic rings. The largest absolute Gasteiger partial charge is 0.381 e. The SMILES string of the molecule is CCSC1(CNC(=O)c2ccc(Cl)s2)CCOCC1. The molecular weight excluding hydrogens is 302 g/mol. The van der Waals surface area contributed by atoms with Crippen LogP contribution in [-0.4, -0.2) is 36.2 Å². The van der Waals surface area contributed by atoms with Gasteiger partial charge in [0.1, 0.15) is 0 Å². The van der Waals surface area contributed by atoms with Crippen molar-refractivity contribution in [3.8, 4) is 0 Å². The third-order valence-corrected chi connectivity index (χ3v) is 5.91. The van der Waals surface area contributed by atoms with E-state index >= 15 is 0 Å². The lowest BCUT2D eigenvalue weighted by atomic mass is 9.99. The quantitative estimate of drug-likeness (QED) is 0.903. The average Bonchev–Trinajstić information content (AvgIpc) is 2.84. The molecule has 0 radical (unpaired) electrons. The number of nitrogens with one attached hydrogen (secondary N) is 1. The van der Waals surface area contributed by atoms with Crippen LogP contribution in [0.1, 0.15) is 29.4 Å². The van der Waals surface area contributed by atoms with E-state index in [1.54, 1.807) is 12.1 Å². The van der Waals surface area contributed by atoms with Crippen LogP contribution in [0.25, 0.3) is 0 Å². The second-order valence-electron chi connectivity index (χ2n) is 4.51. The monoisotopic (exact) mass is 319 g/mol. The molecule has 1 fully saturated rings. The van der Waals surface area contributed by atoms with Crippen LogP contribution in [0.4, 0.5) is 0 Å². The molecule has 0 saturated carbocycles. The summed E-state index contributed by atoms with van der Waals surface area (Å²) in [6.45, 7) is 4.42. The van der Waals surface area contributed by atoms with Gasteiger partial charge >= 0.3 is 0 Å². The van der Waals surface area contributed by atoms with Crippen LogP contribution < -0.4 is 5.32 Å². The summed E-state index contributed by atoms with van der Waals surface area (Å²) in [4.78, 5) is 12.7. The Balaban J connectivity index is 1.93. The smallest absolute Gasteiger partial charge is 0.261 e.